The summed E-state index contributed by atoms with van der Waals surface area (Å²) in [4.78, 5) is 13.9. The SMILES string of the molecule is CN(C)c1cc(Br)c(N)cc1C(=O)CCCCl. The first-order valence-electron chi connectivity index (χ1n) is 5.33. The molecule has 0 aromatic heterocycles. The Kier molecular flexibility index (Phi) is 5.28. The summed E-state index contributed by atoms with van der Waals surface area (Å²) >= 11 is 8.96. The van der Waals surface area contributed by atoms with Gasteiger partial charge in [-0.2, -0.15) is 0 Å². The lowest BCUT2D eigenvalue weighted by Crippen LogP contribution is -2.14. The van der Waals surface area contributed by atoms with Crippen molar-refractivity contribution >= 4 is 44.7 Å². The molecule has 0 unspecified atom stereocenters. The van der Waals surface area contributed by atoms with E-state index in [2.05, 4.69) is 15.9 Å². The van der Waals surface area contributed by atoms with Crippen molar-refractivity contribution < 1.29 is 4.79 Å². The smallest absolute Gasteiger partial charge is 0.165 e. The highest BCUT2D eigenvalue weighted by molar-refractivity contribution is 9.10. The second kappa shape index (κ2) is 6.26. The number of hydrogen-bond donors (Lipinski definition) is 1. The van der Waals surface area contributed by atoms with Crippen molar-refractivity contribution in [2.75, 3.05) is 30.6 Å². The summed E-state index contributed by atoms with van der Waals surface area (Å²) in [7, 11) is 3.80. The fourth-order valence-electron chi connectivity index (χ4n) is 1.53. The summed E-state index contributed by atoms with van der Waals surface area (Å²) in [6.45, 7) is 0. The van der Waals surface area contributed by atoms with E-state index in [9.17, 15) is 4.79 Å². The summed E-state index contributed by atoms with van der Waals surface area (Å²) in [5.41, 5.74) is 7.91. The van der Waals surface area contributed by atoms with Gasteiger partial charge in [0.15, 0.2) is 5.78 Å². The van der Waals surface area contributed by atoms with E-state index in [1.807, 2.05) is 25.1 Å². The normalized spacial score (nSPS) is 10.4. The molecule has 0 aliphatic rings. The maximum Gasteiger partial charge on any atom is 0.165 e. The van der Waals surface area contributed by atoms with Crippen LogP contribution in [0.1, 0.15) is 23.2 Å². The van der Waals surface area contributed by atoms with Gasteiger partial charge in [0.05, 0.1) is 0 Å². The Morgan fingerprint density at radius 1 is 1.47 bits per heavy atom. The van der Waals surface area contributed by atoms with E-state index in [4.69, 9.17) is 17.3 Å². The summed E-state index contributed by atoms with van der Waals surface area (Å²) in [6, 6.07) is 3.58. The van der Waals surface area contributed by atoms with Crippen LogP contribution < -0.4 is 10.6 Å². The largest absolute Gasteiger partial charge is 0.398 e. The van der Waals surface area contributed by atoms with Crippen LogP contribution in [0.15, 0.2) is 16.6 Å². The zero-order chi connectivity index (χ0) is 13.0. The number of benzene rings is 1. The summed E-state index contributed by atoms with van der Waals surface area (Å²) in [5, 5.41) is 0. The fourth-order valence-corrected chi connectivity index (χ4v) is 2.00. The van der Waals surface area contributed by atoms with Crippen molar-refractivity contribution in [1.29, 1.82) is 0 Å². The van der Waals surface area contributed by atoms with E-state index in [1.165, 1.54) is 0 Å². The molecule has 0 aliphatic carbocycles. The van der Waals surface area contributed by atoms with Crippen LogP contribution in [-0.2, 0) is 0 Å². The number of nitrogens with zero attached hydrogens (tertiary/aromatic N) is 1. The van der Waals surface area contributed by atoms with Crippen molar-refractivity contribution in [3.05, 3.63) is 22.2 Å². The average molecular weight is 320 g/mol. The van der Waals surface area contributed by atoms with Crippen LogP contribution in [0.25, 0.3) is 0 Å². The van der Waals surface area contributed by atoms with Gasteiger partial charge in [0, 0.05) is 47.8 Å². The fraction of sp³-hybridized carbons (Fsp3) is 0.417. The van der Waals surface area contributed by atoms with Crippen LogP contribution in [0.4, 0.5) is 11.4 Å². The molecular formula is C12H16BrClN2O. The first kappa shape index (κ1) is 14.3. The molecule has 0 radical (unpaired) electrons. The lowest BCUT2D eigenvalue weighted by molar-refractivity contribution is 0.0982. The predicted octanol–water partition coefficient (Wildman–Crippen LogP) is 3.30. The molecule has 1 rings (SSSR count). The Hall–Kier alpha value is -0.740. The molecule has 0 amide bonds. The number of carbonyl (C=O) groups is 1. The third-order valence-electron chi connectivity index (χ3n) is 2.43. The molecule has 0 saturated carbocycles. The minimum absolute atomic E-state index is 0.0774. The van der Waals surface area contributed by atoms with Crippen molar-refractivity contribution in [2.24, 2.45) is 0 Å². The Morgan fingerprint density at radius 3 is 2.65 bits per heavy atom. The third kappa shape index (κ3) is 3.61. The number of rotatable bonds is 5. The highest BCUT2D eigenvalue weighted by Crippen LogP contribution is 2.30. The van der Waals surface area contributed by atoms with Gasteiger partial charge in [0.1, 0.15) is 0 Å². The number of halogens is 2. The number of alkyl halides is 1. The quantitative estimate of drug-likeness (QED) is 0.514. The molecule has 2 N–H and O–H groups in total. The van der Waals surface area contributed by atoms with Crippen LogP contribution in [-0.4, -0.2) is 25.8 Å². The second-order valence-corrected chi connectivity index (χ2v) is 5.23. The van der Waals surface area contributed by atoms with Crippen LogP contribution in [0.5, 0.6) is 0 Å². The molecule has 0 saturated heterocycles. The van der Waals surface area contributed by atoms with Gasteiger partial charge >= 0.3 is 0 Å². The van der Waals surface area contributed by atoms with E-state index < -0.39 is 0 Å². The zero-order valence-corrected chi connectivity index (χ0v) is 12.3. The molecule has 1 aromatic carbocycles. The summed E-state index contributed by atoms with van der Waals surface area (Å²) < 4.78 is 0.801. The van der Waals surface area contributed by atoms with Crippen molar-refractivity contribution in [2.45, 2.75) is 12.8 Å². The summed E-state index contributed by atoms with van der Waals surface area (Å²) in [6.07, 6.45) is 1.13. The molecule has 0 atom stereocenters. The van der Waals surface area contributed by atoms with Crippen LogP contribution >= 0.6 is 27.5 Å². The first-order chi connectivity index (χ1) is 7.97. The molecule has 17 heavy (non-hydrogen) atoms. The van der Waals surface area contributed by atoms with E-state index in [0.29, 0.717) is 30.0 Å². The maximum atomic E-state index is 12.0. The number of ketones is 1. The molecule has 0 spiro atoms. The number of nitrogen functional groups attached to an aromatic ring is 1. The molecule has 1 aromatic rings. The van der Waals surface area contributed by atoms with Gasteiger partial charge in [-0.15, -0.1) is 11.6 Å². The lowest BCUT2D eigenvalue weighted by Gasteiger charge is -2.18. The monoisotopic (exact) mass is 318 g/mol. The third-order valence-corrected chi connectivity index (χ3v) is 3.39. The van der Waals surface area contributed by atoms with Crippen molar-refractivity contribution in [3.8, 4) is 0 Å². The van der Waals surface area contributed by atoms with Gasteiger partial charge < -0.3 is 10.6 Å². The first-order valence-corrected chi connectivity index (χ1v) is 6.65. The Morgan fingerprint density at radius 2 is 2.12 bits per heavy atom. The van der Waals surface area contributed by atoms with Crippen LogP contribution in [0.2, 0.25) is 0 Å². The Bertz CT molecular complexity index is 421. The number of nitrogens with two attached hydrogens (primary N) is 1. The van der Waals surface area contributed by atoms with Crippen LogP contribution in [0.3, 0.4) is 0 Å². The highest BCUT2D eigenvalue weighted by atomic mass is 79.9. The highest BCUT2D eigenvalue weighted by Gasteiger charge is 2.14. The Balaban J connectivity index is 3.12. The topological polar surface area (TPSA) is 46.3 Å². The lowest BCUT2D eigenvalue weighted by atomic mass is 10.0. The molecule has 3 nitrogen and oxygen atoms in total. The number of carbonyl (C=O) groups excluding carboxylic acids is 1. The maximum absolute atomic E-state index is 12.0. The average Bonchev–Trinajstić information content (AvgIpc) is 2.28. The molecule has 5 heteroatoms. The van der Waals surface area contributed by atoms with E-state index >= 15 is 0 Å². The van der Waals surface area contributed by atoms with Gasteiger partial charge in [-0.25, -0.2) is 0 Å². The standard InChI is InChI=1S/C12H16BrClN2O/c1-16(2)11-7-9(13)10(15)6-8(11)12(17)4-3-5-14/h6-7H,3-5,15H2,1-2H3. The van der Waals surface area contributed by atoms with E-state index in [0.717, 1.165) is 10.2 Å². The number of hydrogen-bond acceptors (Lipinski definition) is 3. The summed E-state index contributed by atoms with van der Waals surface area (Å²) in [5.74, 6) is 0.572. The molecule has 0 aliphatic heterocycles. The van der Waals surface area contributed by atoms with Gasteiger partial charge in [0.2, 0.25) is 0 Å². The minimum Gasteiger partial charge on any atom is -0.398 e. The zero-order valence-electron chi connectivity index (χ0n) is 9.96. The van der Waals surface area contributed by atoms with Gasteiger partial charge in [-0.3, -0.25) is 4.79 Å². The molecule has 0 heterocycles. The predicted molar refractivity (Wildman–Crippen MR) is 77.2 cm³/mol. The van der Waals surface area contributed by atoms with Crippen molar-refractivity contribution in [1.82, 2.24) is 0 Å². The van der Waals surface area contributed by atoms with Gasteiger partial charge in [-0.1, -0.05) is 0 Å². The molecular weight excluding hydrogens is 304 g/mol. The molecule has 0 bridgehead atoms. The Labute approximate surface area is 115 Å². The van der Waals surface area contributed by atoms with Gasteiger partial charge in [-0.05, 0) is 34.5 Å². The minimum atomic E-state index is 0.0774. The van der Waals surface area contributed by atoms with Gasteiger partial charge in [0.25, 0.3) is 0 Å². The molecule has 0 fully saturated rings. The van der Waals surface area contributed by atoms with E-state index in [1.54, 1.807) is 6.07 Å². The second-order valence-electron chi connectivity index (χ2n) is 4.00. The van der Waals surface area contributed by atoms with E-state index in [-0.39, 0.29) is 5.78 Å². The van der Waals surface area contributed by atoms with Crippen LogP contribution in [0, 0.1) is 0 Å². The molecule has 94 valence electrons. The van der Waals surface area contributed by atoms with Crippen molar-refractivity contribution in [3.63, 3.8) is 0 Å². The number of anilines is 2. The number of Topliss-reactive ketones (excluding diaryl/α,β-unsaturated/α-hetero) is 1.